The Labute approximate surface area is 305 Å². The number of hydrogen-bond acceptors (Lipinski definition) is 5. The number of amides is 4. The van der Waals surface area contributed by atoms with Crippen LogP contribution in [0.2, 0.25) is 0 Å². The summed E-state index contributed by atoms with van der Waals surface area (Å²) < 4.78 is 13.2. The third-order valence-corrected chi connectivity index (χ3v) is 10.0. The van der Waals surface area contributed by atoms with Gasteiger partial charge in [0.25, 0.3) is 11.8 Å². The van der Waals surface area contributed by atoms with E-state index in [1.807, 2.05) is 18.2 Å². The molecule has 1 fully saturated rings. The standard InChI is InChI=1S/C43H72N2O5/c1-5-9-13-17-19-23-27-35(25-21-15-11-7-3)33-49-39-30-29-37(31-38-41(46)44-43(48)45-42(38)47)32-40(39)50-34-36(26-22-16-12-8-4)28-24-20-18-14-10-6-2/h29-32,35-36H,5-28,33-34H2,1-4H3,(H2,44,45,46,47,48). The van der Waals surface area contributed by atoms with Crippen molar-refractivity contribution in [2.24, 2.45) is 11.8 Å². The van der Waals surface area contributed by atoms with E-state index in [2.05, 4.69) is 38.3 Å². The highest BCUT2D eigenvalue weighted by Crippen LogP contribution is 2.32. The molecule has 4 amide bonds. The zero-order valence-electron chi connectivity index (χ0n) is 32.4. The fourth-order valence-corrected chi connectivity index (χ4v) is 6.80. The number of carbonyl (C=O) groups excluding carboxylic acids is 3. The van der Waals surface area contributed by atoms with Crippen LogP contribution in [0.1, 0.15) is 187 Å². The van der Waals surface area contributed by atoms with Crippen LogP contribution in [0.15, 0.2) is 23.8 Å². The second kappa shape index (κ2) is 27.8. The Bertz CT molecular complexity index is 1090. The van der Waals surface area contributed by atoms with Crippen LogP contribution in [-0.2, 0) is 9.59 Å². The van der Waals surface area contributed by atoms with Gasteiger partial charge in [-0.3, -0.25) is 20.2 Å². The summed E-state index contributed by atoms with van der Waals surface area (Å²) in [6, 6.07) is 4.84. The van der Waals surface area contributed by atoms with E-state index in [-0.39, 0.29) is 5.57 Å². The molecule has 1 heterocycles. The minimum absolute atomic E-state index is 0.104. The van der Waals surface area contributed by atoms with Crippen molar-refractivity contribution < 1.29 is 23.9 Å². The quantitative estimate of drug-likeness (QED) is 0.0458. The van der Waals surface area contributed by atoms with Gasteiger partial charge in [0, 0.05) is 0 Å². The Hall–Kier alpha value is -2.83. The van der Waals surface area contributed by atoms with E-state index in [1.54, 1.807) is 0 Å². The monoisotopic (exact) mass is 697 g/mol. The van der Waals surface area contributed by atoms with Crippen LogP contribution in [-0.4, -0.2) is 31.1 Å². The van der Waals surface area contributed by atoms with Crippen molar-refractivity contribution >= 4 is 23.9 Å². The van der Waals surface area contributed by atoms with Crippen molar-refractivity contribution in [2.75, 3.05) is 13.2 Å². The van der Waals surface area contributed by atoms with E-state index in [0.717, 1.165) is 12.8 Å². The fraction of sp³-hybridized carbons (Fsp3) is 0.744. The van der Waals surface area contributed by atoms with Crippen molar-refractivity contribution in [3.63, 3.8) is 0 Å². The number of rotatable bonds is 31. The number of unbranched alkanes of at least 4 members (excludes halogenated alkanes) is 16. The Morgan fingerprint density at radius 1 is 0.520 bits per heavy atom. The number of urea groups is 1. The summed E-state index contributed by atoms with van der Waals surface area (Å²) in [6.07, 6.45) is 31.6. The molecule has 0 radical (unpaired) electrons. The summed E-state index contributed by atoms with van der Waals surface area (Å²) in [7, 11) is 0. The zero-order valence-corrected chi connectivity index (χ0v) is 32.4. The molecule has 1 aliphatic heterocycles. The van der Waals surface area contributed by atoms with Gasteiger partial charge in [-0.1, -0.05) is 162 Å². The van der Waals surface area contributed by atoms with Crippen LogP contribution in [0, 0.1) is 11.8 Å². The molecule has 2 atom stereocenters. The van der Waals surface area contributed by atoms with Crippen LogP contribution in [0.3, 0.4) is 0 Å². The van der Waals surface area contributed by atoms with Gasteiger partial charge >= 0.3 is 6.03 Å². The number of barbiturate groups is 1. The predicted octanol–water partition coefficient (Wildman–Crippen LogP) is 11.9. The predicted molar refractivity (Wildman–Crippen MR) is 208 cm³/mol. The van der Waals surface area contributed by atoms with Gasteiger partial charge in [-0.2, -0.15) is 0 Å². The van der Waals surface area contributed by atoms with E-state index < -0.39 is 17.8 Å². The lowest BCUT2D eigenvalue weighted by Crippen LogP contribution is -2.51. The first-order valence-corrected chi connectivity index (χ1v) is 20.7. The fourth-order valence-electron chi connectivity index (χ4n) is 6.80. The van der Waals surface area contributed by atoms with Gasteiger partial charge in [-0.25, -0.2) is 4.79 Å². The molecule has 0 saturated carbocycles. The first-order valence-electron chi connectivity index (χ1n) is 20.7. The third kappa shape index (κ3) is 19.0. The van der Waals surface area contributed by atoms with Crippen molar-refractivity contribution in [2.45, 2.75) is 182 Å². The molecule has 0 spiro atoms. The second-order valence-electron chi connectivity index (χ2n) is 14.7. The highest BCUT2D eigenvalue weighted by Gasteiger charge is 2.28. The van der Waals surface area contributed by atoms with E-state index in [9.17, 15) is 14.4 Å². The minimum Gasteiger partial charge on any atom is -0.489 e. The highest BCUT2D eigenvalue weighted by atomic mass is 16.5. The summed E-state index contributed by atoms with van der Waals surface area (Å²) in [5.41, 5.74) is 0.549. The molecule has 7 heteroatoms. The van der Waals surface area contributed by atoms with Crippen molar-refractivity contribution in [3.8, 4) is 11.5 Å². The van der Waals surface area contributed by atoms with Gasteiger partial charge in [0.15, 0.2) is 11.5 Å². The molecule has 284 valence electrons. The van der Waals surface area contributed by atoms with Crippen molar-refractivity contribution in [1.82, 2.24) is 10.6 Å². The Kier molecular flexibility index (Phi) is 24.1. The Morgan fingerprint density at radius 2 is 0.900 bits per heavy atom. The largest absolute Gasteiger partial charge is 0.489 e. The SMILES string of the molecule is CCCCCCCCC(CCCCCC)COc1ccc(C=C2C(=O)NC(=O)NC2=O)cc1OCC(CCCCCC)CCCCCCCC. The summed E-state index contributed by atoms with van der Waals surface area (Å²) in [5.74, 6) is 0.927. The second-order valence-corrected chi connectivity index (χ2v) is 14.7. The molecule has 1 saturated heterocycles. The lowest BCUT2D eigenvalue weighted by atomic mass is 9.95. The molecule has 50 heavy (non-hydrogen) atoms. The maximum Gasteiger partial charge on any atom is 0.328 e. The molecular weight excluding hydrogens is 624 g/mol. The Morgan fingerprint density at radius 3 is 1.34 bits per heavy atom. The van der Waals surface area contributed by atoms with Gasteiger partial charge in [-0.05, 0) is 61.3 Å². The van der Waals surface area contributed by atoms with Gasteiger partial charge in [0.1, 0.15) is 5.57 Å². The summed E-state index contributed by atoms with van der Waals surface area (Å²) in [4.78, 5) is 36.5. The molecule has 7 nitrogen and oxygen atoms in total. The maximum absolute atomic E-state index is 12.5. The van der Waals surface area contributed by atoms with Gasteiger partial charge < -0.3 is 9.47 Å². The van der Waals surface area contributed by atoms with Crippen LogP contribution in [0.4, 0.5) is 4.79 Å². The lowest BCUT2D eigenvalue weighted by molar-refractivity contribution is -0.123. The number of carbonyl (C=O) groups is 3. The van der Waals surface area contributed by atoms with Gasteiger partial charge in [-0.15, -0.1) is 0 Å². The van der Waals surface area contributed by atoms with Gasteiger partial charge in [0.05, 0.1) is 13.2 Å². The average Bonchev–Trinajstić information content (AvgIpc) is 3.10. The topological polar surface area (TPSA) is 93.7 Å². The lowest BCUT2D eigenvalue weighted by Gasteiger charge is -2.22. The van der Waals surface area contributed by atoms with Crippen LogP contribution < -0.4 is 20.1 Å². The molecule has 1 aliphatic rings. The number of ether oxygens (including phenoxy) is 2. The van der Waals surface area contributed by atoms with E-state index in [0.29, 0.717) is 42.1 Å². The number of imide groups is 2. The Balaban J connectivity index is 2.22. The molecule has 1 aromatic rings. The molecule has 2 rings (SSSR count). The van der Waals surface area contributed by atoms with Crippen molar-refractivity contribution in [1.29, 1.82) is 0 Å². The maximum atomic E-state index is 12.5. The summed E-state index contributed by atoms with van der Waals surface area (Å²) in [6.45, 7) is 10.3. The highest BCUT2D eigenvalue weighted by molar-refractivity contribution is 6.31. The molecule has 0 aromatic heterocycles. The normalized spacial score (nSPS) is 14.3. The van der Waals surface area contributed by atoms with E-state index in [4.69, 9.17) is 9.47 Å². The minimum atomic E-state index is -0.800. The molecule has 0 aliphatic carbocycles. The molecule has 1 aromatic carbocycles. The molecule has 2 N–H and O–H groups in total. The number of benzene rings is 1. The van der Waals surface area contributed by atoms with Crippen LogP contribution in [0.5, 0.6) is 11.5 Å². The van der Waals surface area contributed by atoms with Crippen LogP contribution in [0.25, 0.3) is 6.08 Å². The molecular formula is C43H72N2O5. The summed E-state index contributed by atoms with van der Waals surface area (Å²) in [5, 5.41) is 4.33. The average molecular weight is 697 g/mol. The zero-order chi connectivity index (χ0) is 36.2. The van der Waals surface area contributed by atoms with Gasteiger partial charge in [0.2, 0.25) is 0 Å². The first kappa shape index (κ1) is 43.3. The summed E-state index contributed by atoms with van der Waals surface area (Å²) >= 11 is 0. The number of nitrogens with one attached hydrogen (secondary N) is 2. The van der Waals surface area contributed by atoms with Crippen molar-refractivity contribution in [3.05, 3.63) is 29.3 Å². The smallest absolute Gasteiger partial charge is 0.328 e. The molecule has 0 bridgehead atoms. The van der Waals surface area contributed by atoms with Crippen LogP contribution >= 0.6 is 0 Å². The van der Waals surface area contributed by atoms with E-state index in [1.165, 1.54) is 147 Å². The number of hydrogen-bond donors (Lipinski definition) is 2. The third-order valence-electron chi connectivity index (χ3n) is 10.0. The molecule has 2 unspecified atom stereocenters. The van der Waals surface area contributed by atoms with E-state index >= 15 is 0 Å². The first-order chi connectivity index (χ1) is 24.4.